The van der Waals surface area contributed by atoms with Gasteiger partial charge in [-0.2, -0.15) is 0 Å². The standard InChI is InChI=1S/C28H33FN6O/c1-32(2)23-6-4-5-19-12-25(35(26(19)23)15-17-7-8-17)27-31-22-13-21-18(11-24(22)33(27)3)9-10-34(28(21)36)16-20(30)14-29/h4-6,11-13,17,20H,7-10,14-16,30H2,1-3H3. The van der Waals surface area contributed by atoms with E-state index in [1.165, 1.54) is 29.4 Å². The molecule has 2 aromatic carbocycles. The Hall–Kier alpha value is -3.39. The summed E-state index contributed by atoms with van der Waals surface area (Å²) in [4.78, 5) is 22.1. The number of hydrogen-bond acceptors (Lipinski definition) is 4. The van der Waals surface area contributed by atoms with E-state index in [0.29, 0.717) is 18.0 Å². The highest BCUT2D eigenvalue weighted by Crippen LogP contribution is 2.39. The Labute approximate surface area is 210 Å². The van der Waals surface area contributed by atoms with Crippen LogP contribution in [0.4, 0.5) is 10.1 Å². The largest absolute Gasteiger partial charge is 0.376 e. The summed E-state index contributed by atoms with van der Waals surface area (Å²) < 4.78 is 17.6. The Balaban J connectivity index is 1.48. The van der Waals surface area contributed by atoms with Gasteiger partial charge in [0, 0.05) is 51.7 Å². The maximum absolute atomic E-state index is 13.2. The van der Waals surface area contributed by atoms with Crippen molar-refractivity contribution >= 4 is 33.5 Å². The zero-order chi connectivity index (χ0) is 25.1. The molecule has 3 heterocycles. The van der Waals surface area contributed by atoms with Crippen LogP contribution in [0.1, 0.15) is 28.8 Å². The van der Waals surface area contributed by atoms with Gasteiger partial charge in [0.25, 0.3) is 5.91 Å². The summed E-state index contributed by atoms with van der Waals surface area (Å²) in [6.07, 6.45) is 3.26. The van der Waals surface area contributed by atoms with E-state index in [2.05, 4.69) is 65.5 Å². The molecule has 1 atom stereocenters. The number of benzene rings is 2. The average molecular weight is 489 g/mol. The first-order valence-corrected chi connectivity index (χ1v) is 12.8. The minimum Gasteiger partial charge on any atom is -0.376 e. The minimum atomic E-state index is -0.652. The third-order valence-corrected chi connectivity index (χ3v) is 7.68. The van der Waals surface area contributed by atoms with Crippen molar-refractivity contribution < 1.29 is 9.18 Å². The van der Waals surface area contributed by atoms with Gasteiger partial charge in [-0.3, -0.25) is 4.79 Å². The quantitative estimate of drug-likeness (QED) is 0.427. The van der Waals surface area contributed by atoms with Crippen LogP contribution in [0.25, 0.3) is 33.5 Å². The number of carbonyl (C=O) groups is 1. The maximum Gasteiger partial charge on any atom is 0.254 e. The number of carbonyl (C=O) groups excluding carboxylic acids is 1. The molecule has 6 rings (SSSR count). The van der Waals surface area contributed by atoms with E-state index < -0.39 is 12.7 Å². The van der Waals surface area contributed by atoms with E-state index >= 15 is 0 Å². The van der Waals surface area contributed by atoms with Crippen LogP contribution in [-0.2, 0) is 20.0 Å². The summed E-state index contributed by atoms with van der Waals surface area (Å²) >= 11 is 0. The number of alkyl halides is 1. The van der Waals surface area contributed by atoms with Crippen LogP contribution in [0.15, 0.2) is 36.4 Å². The van der Waals surface area contributed by atoms with Crippen molar-refractivity contribution in [3.05, 3.63) is 47.5 Å². The first-order chi connectivity index (χ1) is 17.4. The van der Waals surface area contributed by atoms with Crippen LogP contribution in [0.2, 0.25) is 0 Å². The van der Waals surface area contributed by atoms with Crippen molar-refractivity contribution in [3.63, 3.8) is 0 Å². The van der Waals surface area contributed by atoms with Crippen molar-refractivity contribution in [2.24, 2.45) is 18.7 Å². The predicted octanol–water partition coefficient (Wildman–Crippen LogP) is 3.97. The summed E-state index contributed by atoms with van der Waals surface area (Å²) in [6.45, 7) is 1.13. The fourth-order valence-corrected chi connectivity index (χ4v) is 5.55. The first kappa shape index (κ1) is 23.0. The zero-order valence-corrected chi connectivity index (χ0v) is 21.2. The minimum absolute atomic E-state index is 0.0901. The van der Waals surface area contributed by atoms with Gasteiger partial charge in [0.05, 0.1) is 34.0 Å². The van der Waals surface area contributed by atoms with Gasteiger partial charge in [-0.25, -0.2) is 9.37 Å². The lowest BCUT2D eigenvalue weighted by Gasteiger charge is -2.30. The molecule has 0 spiro atoms. The van der Waals surface area contributed by atoms with E-state index in [1.54, 1.807) is 4.90 Å². The lowest BCUT2D eigenvalue weighted by molar-refractivity contribution is 0.0725. The van der Waals surface area contributed by atoms with Crippen LogP contribution in [0.5, 0.6) is 0 Å². The van der Waals surface area contributed by atoms with Crippen molar-refractivity contribution in [2.45, 2.75) is 31.8 Å². The third kappa shape index (κ3) is 3.75. The Kier molecular flexibility index (Phi) is 5.52. The molecule has 0 bridgehead atoms. The number of anilines is 1. The van der Waals surface area contributed by atoms with Gasteiger partial charge >= 0.3 is 0 Å². The predicted molar refractivity (Wildman–Crippen MR) is 142 cm³/mol. The Bertz CT molecular complexity index is 1480. The monoisotopic (exact) mass is 488 g/mol. The van der Waals surface area contributed by atoms with Crippen LogP contribution >= 0.6 is 0 Å². The zero-order valence-electron chi connectivity index (χ0n) is 21.2. The molecule has 188 valence electrons. The molecule has 0 saturated heterocycles. The highest BCUT2D eigenvalue weighted by molar-refractivity contribution is 6.01. The number of aromatic nitrogens is 3. The van der Waals surface area contributed by atoms with Crippen molar-refractivity contribution in [3.8, 4) is 11.5 Å². The molecule has 0 radical (unpaired) electrons. The highest BCUT2D eigenvalue weighted by atomic mass is 19.1. The van der Waals surface area contributed by atoms with Crippen LogP contribution in [0, 0.1) is 5.92 Å². The van der Waals surface area contributed by atoms with Gasteiger partial charge in [-0.05, 0) is 55.0 Å². The van der Waals surface area contributed by atoms with Crippen LogP contribution in [0.3, 0.4) is 0 Å². The summed E-state index contributed by atoms with van der Waals surface area (Å²) in [5, 5.41) is 1.21. The molecular weight excluding hydrogens is 455 g/mol. The first-order valence-electron chi connectivity index (χ1n) is 12.8. The van der Waals surface area contributed by atoms with Gasteiger partial charge in [-0.15, -0.1) is 0 Å². The molecule has 1 aliphatic carbocycles. The average Bonchev–Trinajstić information content (AvgIpc) is 3.54. The van der Waals surface area contributed by atoms with E-state index in [4.69, 9.17) is 10.7 Å². The maximum atomic E-state index is 13.2. The molecule has 36 heavy (non-hydrogen) atoms. The third-order valence-electron chi connectivity index (χ3n) is 7.68. The number of amides is 1. The fraction of sp³-hybridized carbons (Fsp3) is 0.429. The van der Waals surface area contributed by atoms with Gasteiger partial charge < -0.3 is 24.7 Å². The number of hydrogen-bond donors (Lipinski definition) is 1. The smallest absolute Gasteiger partial charge is 0.254 e. The second-order valence-electron chi connectivity index (χ2n) is 10.6. The van der Waals surface area contributed by atoms with Crippen molar-refractivity contribution in [1.29, 1.82) is 0 Å². The van der Waals surface area contributed by atoms with Gasteiger partial charge in [0.15, 0.2) is 5.82 Å². The molecule has 1 unspecified atom stereocenters. The number of fused-ring (bicyclic) bond motifs is 3. The van der Waals surface area contributed by atoms with E-state index in [-0.39, 0.29) is 12.5 Å². The molecule has 7 nitrogen and oxygen atoms in total. The second-order valence-corrected chi connectivity index (χ2v) is 10.6. The molecule has 4 aromatic rings. The second kappa shape index (κ2) is 8.62. The summed E-state index contributed by atoms with van der Waals surface area (Å²) in [6, 6.07) is 12.1. The lowest BCUT2D eigenvalue weighted by Crippen LogP contribution is -2.45. The van der Waals surface area contributed by atoms with E-state index in [9.17, 15) is 9.18 Å². The number of nitrogens with zero attached hydrogens (tertiary/aromatic N) is 5. The molecule has 1 amide bonds. The summed E-state index contributed by atoms with van der Waals surface area (Å²) in [7, 11) is 6.23. The lowest BCUT2D eigenvalue weighted by atomic mass is 9.97. The highest BCUT2D eigenvalue weighted by Gasteiger charge is 2.29. The molecule has 2 N–H and O–H groups in total. The van der Waals surface area contributed by atoms with E-state index in [0.717, 1.165) is 41.1 Å². The van der Waals surface area contributed by atoms with Crippen LogP contribution in [-0.4, -0.2) is 64.8 Å². The Morgan fingerprint density at radius 2 is 2.03 bits per heavy atom. The number of nitrogens with two attached hydrogens (primary N) is 1. The van der Waals surface area contributed by atoms with Crippen molar-refractivity contribution in [2.75, 3.05) is 38.8 Å². The number of para-hydroxylation sites is 1. The van der Waals surface area contributed by atoms with E-state index in [1.807, 2.05) is 6.07 Å². The summed E-state index contributed by atoms with van der Waals surface area (Å²) in [5.74, 6) is 1.52. The van der Waals surface area contributed by atoms with Crippen molar-refractivity contribution in [1.82, 2.24) is 19.0 Å². The number of halogens is 1. The molecule has 2 aliphatic rings. The SMILES string of the molecule is CN(C)c1cccc2cc(-c3nc4cc5c(cc4n3C)CCN(CC(N)CF)C5=O)n(CC3CC3)c12. The molecule has 1 fully saturated rings. The molecule has 1 saturated carbocycles. The topological polar surface area (TPSA) is 72.3 Å². The van der Waals surface area contributed by atoms with Crippen LogP contribution < -0.4 is 10.6 Å². The molecular formula is C28H33FN6O. The number of rotatable bonds is 7. The normalized spacial score (nSPS) is 16.7. The fourth-order valence-electron chi connectivity index (χ4n) is 5.55. The molecule has 2 aromatic heterocycles. The molecule has 1 aliphatic heterocycles. The Morgan fingerprint density at radius 1 is 1.22 bits per heavy atom. The van der Waals surface area contributed by atoms with Gasteiger partial charge in [0.2, 0.25) is 0 Å². The van der Waals surface area contributed by atoms with Gasteiger partial charge in [-0.1, -0.05) is 12.1 Å². The number of aryl methyl sites for hydroxylation is 1. The number of imidazole rings is 1. The Morgan fingerprint density at radius 3 is 2.75 bits per heavy atom. The molecule has 8 heteroatoms. The summed E-state index contributed by atoms with van der Waals surface area (Å²) in [5.41, 5.74) is 12.8. The van der Waals surface area contributed by atoms with Gasteiger partial charge in [0.1, 0.15) is 6.67 Å².